The second-order valence-corrected chi connectivity index (χ2v) is 46.6. The van der Waals surface area contributed by atoms with Gasteiger partial charge in [0.05, 0.1) is 0 Å². The van der Waals surface area contributed by atoms with Crippen LogP contribution in [-0.4, -0.2) is 72.9 Å². The smallest absolute Gasteiger partial charge is 0.127 e. The molecule has 0 saturated carbocycles. The highest BCUT2D eigenvalue weighted by atomic mass is 31.1. The Labute approximate surface area is 792 Å². The van der Waals surface area contributed by atoms with E-state index < -0.39 is 0 Å². The van der Waals surface area contributed by atoms with Gasteiger partial charge in [0.15, 0.2) is 0 Å². The molecule has 18 heteroatoms. The van der Waals surface area contributed by atoms with Crippen LogP contribution in [0.1, 0.15) is 205 Å². The number of aryl methyl sites for hydroxylation is 12. The maximum Gasteiger partial charge on any atom is 0.127 e. The van der Waals surface area contributed by atoms with Gasteiger partial charge in [-0.15, -0.1) is 0 Å². The van der Waals surface area contributed by atoms with E-state index in [1.807, 2.05) is 93.4 Å². The second-order valence-electron chi connectivity index (χ2n) is 38.7. The van der Waals surface area contributed by atoms with E-state index in [9.17, 15) is 30.6 Å². The number of benzene rings is 12. The Balaban J connectivity index is 0.000000214. The molecule has 12 rings (SSSR count). The first kappa shape index (κ1) is 109. The van der Waals surface area contributed by atoms with Crippen LogP contribution < -0.4 is 95.6 Å². The number of aromatic hydroxyl groups is 6. The van der Waals surface area contributed by atoms with Crippen LogP contribution in [0.2, 0.25) is 0 Å². The normalized spacial score (nSPS) is 12.0. The number of hydrogen-bond acceptors (Lipinski definition) is 12. The molecule has 0 radical (unpaired) electrons. The van der Waals surface area contributed by atoms with Gasteiger partial charge < -0.3 is 62.5 Å². The fourth-order valence-electron chi connectivity index (χ4n) is 15.0. The number of rotatable bonds is 24. The topological polar surface area (TPSA) is 194 Å². The predicted molar refractivity (Wildman–Crippen MR) is 581 cm³/mol. The summed E-state index contributed by atoms with van der Waals surface area (Å²) in [7, 11) is 14.6. The summed E-state index contributed by atoms with van der Waals surface area (Å²) in [6.45, 7) is 56.2. The van der Waals surface area contributed by atoms with Gasteiger partial charge in [-0.25, -0.2) is 0 Å². The van der Waals surface area contributed by atoms with Crippen LogP contribution in [0.3, 0.4) is 0 Å². The summed E-state index contributed by atoms with van der Waals surface area (Å²) in [4.78, 5) is 0. The molecule has 0 saturated heterocycles. The van der Waals surface area contributed by atoms with Gasteiger partial charge in [0.25, 0.3) is 0 Å². The lowest BCUT2D eigenvalue weighted by molar-refractivity contribution is 0.448. The fourth-order valence-corrected chi connectivity index (χ4v) is 22.9. The van der Waals surface area contributed by atoms with E-state index in [1.165, 1.54) is 126 Å². The van der Waals surface area contributed by atoms with Crippen molar-refractivity contribution in [2.45, 2.75) is 227 Å². The lowest BCUT2D eigenvalue weighted by atomic mass is 9.80. The molecule has 0 spiro atoms. The summed E-state index contributed by atoms with van der Waals surface area (Å²) in [5, 5.41) is 96.0. The molecule has 12 aromatic rings. The quantitative estimate of drug-likeness (QED) is 0.0257. The number of phenols is 6. The summed E-state index contributed by atoms with van der Waals surface area (Å²) >= 11 is 0. The zero-order valence-electron chi connectivity index (χ0n) is 83.4. The van der Waals surface area contributed by atoms with Crippen molar-refractivity contribution in [3.05, 3.63) is 317 Å². The van der Waals surface area contributed by atoms with Crippen LogP contribution >= 0.6 is 51.5 Å². The van der Waals surface area contributed by atoms with E-state index in [4.69, 9.17) is 0 Å². The first-order valence-electron chi connectivity index (χ1n) is 45.1. The zero-order chi connectivity index (χ0) is 96.4. The number of nitrogens with one attached hydrogen (secondary N) is 6. The Hall–Kier alpha value is -8.22. The van der Waals surface area contributed by atoms with Crippen molar-refractivity contribution in [3.8, 4) is 34.5 Å². The van der Waals surface area contributed by atoms with Crippen LogP contribution in [0.5, 0.6) is 34.5 Å². The summed E-state index contributed by atoms with van der Waals surface area (Å²) in [5.41, 5.74) is 26.5. The third-order valence-electron chi connectivity index (χ3n) is 22.2. The Morgan fingerprint density at radius 2 is 0.454 bits per heavy atom. The van der Waals surface area contributed by atoms with Gasteiger partial charge in [-0.05, 0) is 288 Å². The van der Waals surface area contributed by atoms with Gasteiger partial charge >= 0.3 is 0 Å². The molecule has 0 aliphatic rings. The minimum Gasteiger partial charge on any atom is -0.507 e. The third kappa shape index (κ3) is 32.9. The van der Waals surface area contributed by atoms with Crippen LogP contribution in [0.25, 0.3) is 0 Å². The highest BCUT2D eigenvalue weighted by molar-refractivity contribution is 7.57. The zero-order valence-corrected chi connectivity index (χ0v) is 89.4. The Morgan fingerprint density at radius 3 is 0.777 bits per heavy atom. The van der Waals surface area contributed by atoms with E-state index >= 15 is 0 Å². The molecular formula is C112H152N6O6P6. The number of phenolic OH excluding ortho intramolecular Hbond substituents is 6. The largest absolute Gasteiger partial charge is 0.507 e. The molecular weight excluding hydrogens is 1710 g/mol. The molecule has 0 aromatic heterocycles. The van der Waals surface area contributed by atoms with Crippen molar-refractivity contribution in [3.63, 3.8) is 0 Å². The molecule has 6 atom stereocenters. The minimum atomic E-state index is -0.0916. The van der Waals surface area contributed by atoms with Crippen molar-refractivity contribution in [2.75, 3.05) is 42.3 Å². The van der Waals surface area contributed by atoms with Crippen molar-refractivity contribution in [1.82, 2.24) is 31.9 Å². The highest BCUT2D eigenvalue weighted by Crippen LogP contribution is 2.39. The third-order valence-corrected chi connectivity index (χ3v) is 30.7. The van der Waals surface area contributed by atoms with Gasteiger partial charge in [-0.3, -0.25) is 0 Å². The molecule has 0 aliphatic heterocycles. The van der Waals surface area contributed by atoms with Gasteiger partial charge in [-0.2, -0.15) is 0 Å². The van der Waals surface area contributed by atoms with E-state index in [1.54, 1.807) is 6.07 Å². The van der Waals surface area contributed by atoms with Crippen molar-refractivity contribution >= 4 is 115 Å². The Morgan fingerprint density at radius 1 is 0.208 bits per heavy atom. The lowest BCUT2D eigenvalue weighted by Crippen LogP contribution is -2.22. The molecule has 130 heavy (non-hydrogen) atoms. The molecule has 12 nitrogen and oxygen atoms in total. The fraction of sp³-hybridized carbons (Fsp3) is 0.357. The Bertz CT molecular complexity index is 5670. The maximum atomic E-state index is 11.0. The van der Waals surface area contributed by atoms with Crippen molar-refractivity contribution in [2.24, 2.45) is 0 Å². The van der Waals surface area contributed by atoms with Gasteiger partial charge in [0, 0.05) is 82.2 Å². The monoisotopic (exact) mass is 1860 g/mol. The predicted octanol–water partition coefficient (Wildman–Crippen LogP) is 19.3. The van der Waals surface area contributed by atoms with Crippen molar-refractivity contribution < 1.29 is 30.6 Å². The average molecular weight is 1860 g/mol. The molecule has 12 aromatic carbocycles. The van der Waals surface area contributed by atoms with E-state index in [-0.39, 0.29) is 21.7 Å². The SMILES string of the molecule is CNCc1cc(C)ccc1Pc1cc(C(C)(C)C)cc(C(C)(C)C)c1O.CNCc1cc(C)ccc1Pc1cc(C(C)(C)C)cc(C)c1O.CNCc1cc(C)ccc1Pc1cc(C)cc(C(C)(C)C)c1O.CNCc1cc(C)ccc1Pc1cc(C)cc(C)c1O.CNCc1cc(C)ccc1Pc1cc(C)ccc1O.CNCc1cc(C)ccc1Pc1cccc(C)c1O. The molecule has 0 fully saturated rings. The van der Waals surface area contributed by atoms with E-state index in [0.717, 1.165) is 98.9 Å². The minimum absolute atomic E-state index is 0.0496. The van der Waals surface area contributed by atoms with Crippen LogP contribution in [-0.2, 0) is 60.9 Å². The molecule has 0 amide bonds. The van der Waals surface area contributed by atoms with E-state index in [2.05, 4.69) is 335 Å². The van der Waals surface area contributed by atoms with Gasteiger partial charge in [0.1, 0.15) is 34.5 Å². The average Bonchev–Trinajstić information content (AvgIpc) is 0.788. The molecule has 6 unspecified atom stereocenters. The highest BCUT2D eigenvalue weighted by Gasteiger charge is 2.27. The van der Waals surface area contributed by atoms with Crippen LogP contribution in [0.15, 0.2) is 194 Å². The molecule has 0 bridgehead atoms. The lowest BCUT2D eigenvalue weighted by Gasteiger charge is -2.27. The summed E-state index contributed by atoms with van der Waals surface area (Å²) < 4.78 is 0. The van der Waals surface area contributed by atoms with Gasteiger partial charge in [0.2, 0.25) is 0 Å². The summed E-state index contributed by atoms with van der Waals surface area (Å²) in [6.07, 6.45) is 0. The summed E-state index contributed by atoms with van der Waals surface area (Å²) in [6, 6.07) is 68.1. The van der Waals surface area contributed by atoms with E-state index in [0.29, 0.717) is 86.0 Å². The molecule has 0 aliphatic carbocycles. The maximum absolute atomic E-state index is 11.0. The van der Waals surface area contributed by atoms with Crippen molar-refractivity contribution in [1.29, 1.82) is 0 Å². The first-order valence-corrected chi connectivity index (χ1v) is 51.1. The number of hydrogen-bond donors (Lipinski definition) is 12. The Kier molecular flexibility index (Phi) is 42.0. The molecule has 0 heterocycles. The number of para-hydroxylation sites is 1. The molecule has 696 valence electrons. The second kappa shape index (κ2) is 50.2. The summed E-state index contributed by atoms with van der Waals surface area (Å²) in [5.74, 6) is 2.60. The standard InChI is InChI=1S/C23H34NOP.2C20H28NOP.C17H22NOP.2C16H20NOP/c1-15-9-10-19(16(11-15)14-24-8)26-20-13-17(22(2,3)4)12-18(21(20)25)23(5,6)7;1-13-7-8-17(15(9-13)12-21-6)23-18-11-16(20(3,4)5)10-14(2)19(18)22;1-13-7-8-17(15(9-13)12-21-6)23-18-11-14(2)10-16(19(18)22)20(3,4)5;1-11-5-6-15(14(8-11)10-18-4)20-16-9-12(2)7-13(3)17(16)19;1-11-5-7-15(13(8-11)10-17-3)19-16-9-12(2)4-6-14(16)18;1-11-7-8-14(13(9-11)10-17-3)19-15-6-4-5-12(2)16(15)18/h9-13,24-26H,14H2,1-8H3;2*7-11,21-23H,12H2,1-6H3;5-9,18-20H,10H2,1-4H3;2*4-9,17-19H,10H2,1-3H3. The first-order chi connectivity index (χ1) is 61.1. The van der Waals surface area contributed by atoms with Crippen LogP contribution in [0.4, 0.5) is 0 Å². The van der Waals surface area contributed by atoms with Crippen LogP contribution in [0, 0.1) is 83.1 Å². The van der Waals surface area contributed by atoms with Gasteiger partial charge in [-0.1, -0.05) is 331 Å². The molecule has 12 N–H and O–H groups in total.